The number of aromatic hydroxyl groups is 1. The third-order valence-electron chi connectivity index (χ3n) is 4.71. The number of hydrogen-bond acceptors (Lipinski definition) is 4. The van der Waals surface area contributed by atoms with E-state index in [2.05, 4.69) is 15.8 Å². The van der Waals surface area contributed by atoms with E-state index in [1.807, 2.05) is 26.0 Å². The van der Waals surface area contributed by atoms with Crippen molar-refractivity contribution in [2.75, 3.05) is 0 Å². The number of rotatable bonds is 2. The lowest BCUT2D eigenvalue weighted by atomic mass is 10.0. The highest BCUT2D eigenvalue weighted by atomic mass is 16.5. The van der Waals surface area contributed by atoms with Gasteiger partial charge in [-0.1, -0.05) is 5.16 Å². The summed E-state index contributed by atoms with van der Waals surface area (Å²) in [6.07, 6.45) is 2.91. The van der Waals surface area contributed by atoms with E-state index < -0.39 is 0 Å². The zero-order valence-corrected chi connectivity index (χ0v) is 13.6. The molecule has 1 aliphatic carbocycles. The van der Waals surface area contributed by atoms with E-state index >= 15 is 0 Å². The first-order chi connectivity index (χ1) is 11.6. The molecule has 0 aliphatic heterocycles. The minimum Gasteiger partial charge on any atom is -0.508 e. The Balaban J connectivity index is 2.09. The first kappa shape index (κ1) is 14.6. The molecule has 2 heterocycles. The highest BCUT2D eigenvalue weighted by molar-refractivity contribution is 5.77. The van der Waals surface area contributed by atoms with Gasteiger partial charge in [0.2, 0.25) is 0 Å². The van der Waals surface area contributed by atoms with E-state index in [-0.39, 0.29) is 5.75 Å². The Bertz CT molecular complexity index is 952. The molecule has 1 aliphatic rings. The summed E-state index contributed by atoms with van der Waals surface area (Å²) in [7, 11) is 0. The van der Waals surface area contributed by atoms with E-state index in [0.29, 0.717) is 11.3 Å². The molecule has 5 nitrogen and oxygen atoms in total. The largest absolute Gasteiger partial charge is 0.508 e. The monoisotopic (exact) mass is 319 g/mol. The molecule has 0 bridgehead atoms. The van der Waals surface area contributed by atoms with E-state index in [4.69, 9.17) is 4.52 Å². The number of nitrogens with zero attached hydrogens (tertiary/aromatic N) is 3. The molecule has 120 valence electrons. The van der Waals surface area contributed by atoms with Crippen LogP contribution in [0.3, 0.4) is 0 Å². The third kappa shape index (κ3) is 1.96. The Kier molecular flexibility index (Phi) is 3.20. The van der Waals surface area contributed by atoms with Crippen molar-refractivity contribution < 1.29 is 9.63 Å². The van der Waals surface area contributed by atoms with Crippen LogP contribution in [0.4, 0.5) is 0 Å². The quantitative estimate of drug-likeness (QED) is 0.779. The summed E-state index contributed by atoms with van der Waals surface area (Å²) in [6, 6.07) is 9.48. The fourth-order valence-corrected chi connectivity index (χ4v) is 3.70. The number of fused-ring (bicyclic) bond motifs is 1. The average Bonchev–Trinajstić information content (AvgIpc) is 3.23. The van der Waals surface area contributed by atoms with Crippen molar-refractivity contribution in [2.24, 2.45) is 0 Å². The van der Waals surface area contributed by atoms with Crippen LogP contribution in [-0.2, 0) is 12.8 Å². The van der Waals surface area contributed by atoms with E-state index in [9.17, 15) is 10.4 Å². The Hall–Kier alpha value is -3.00. The first-order valence-electron chi connectivity index (χ1n) is 8.01. The minimum absolute atomic E-state index is 0.224. The molecule has 0 unspecified atom stereocenters. The van der Waals surface area contributed by atoms with Crippen LogP contribution >= 0.6 is 0 Å². The molecule has 5 heteroatoms. The molecule has 24 heavy (non-hydrogen) atoms. The van der Waals surface area contributed by atoms with Gasteiger partial charge in [-0.05, 0) is 62.9 Å². The Morgan fingerprint density at radius 1 is 1.21 bits per heavy atom. The first-order valence-corrected chi connectivity index (χ1v) is 8.01. The van der Waals surface area contributed by atoms with Crippen LogP contribution in [0.15, 0.2) is 28.8 Å². The number of phenolic OH excluding ortho intramolecular Hbond substituents is 1. The van der Waals surface area contributed by atoms with Gasteiger partial charge in [-0.3, -0.25) is 0 Å². The summed E-state index contributed by atoms with van der Waals surface area (Å²) in [5.74, 6) is 0.933. The van der Waals surface area contributed by atoms with Gasteiger partial charge in [0.25, 0.3) is 0 Å². The molecular formula is C19H17N3O2. The second-order valence-corrected chi connectivity index (χ2v) is 6.17. The standard InChI is InChI=1S/C19H17N3O2/c1-11-18(12(2)24-21-11)19-16(10-20)15-4-3-5-17(15)22(19)13-6-8-14(23)9-7-13/h6-9,23H,3-5H2,1-2H3. The number of aryl methyl sites for hydroxylation is 2. The lowest BCUT2D eigenvalue weighted by Gasteiger charge is -2.13. The van der Waals surface area contributed by atoms with Crippen LogP contribution in [0.25, 0.3) is 16.9 Å². The van der Waals surface area contributed by atoms with Gasteiger partial charge in [-0.25, -0.2) is 0 Å². The molecule has 0 radical (unpaired) electrons. The maximum absolute atomic E-state index is 9.81. The second-order valence-electron chi connectivity index (χ2n) is 6.17. The Morgan fingerprint density at radius 3 is 2.58 bits per heavy atom. The maximum Gasteiger partial charge on any atom is 0.143 e. The molecule has 0 fully saturated rings. The molecule has 0 saturated carbocycles. The second kappa shape index (κ2) is 5.27. The van der Waals surface area contributed by atoms with Crippen LogP contribution in [0.5, 0.6) is 5.75 Å². The van der Waals surface area contributed by atoms with Gasteiger partial charge < -0.3 is 14.2 Å². The SMILES string of the molecule is Cc1noc(C)c1-c1c(C#N)c2c(n1-c1ccc(O)cc1)CCC2. The molecule has 1 N–H and O–H groups in total. The van der Waals surface area contributed by atoms with Crippen molar-refractivity contribution in [2.45, 2.75) is 33.1 Å². The maximum atomic E-state index is 9.81. The van der Waals surface area contributed by atoms with Crippen LogP contribution in [0.1, 0.15) is 34.7 Å². The van der Waals surface area contributed by atoms with Crippen LogP contribution in [-0.4, -0.2) is 14.8 Å². The van der Waals surface area contributed by atoms with Crippen molar-refractivity contribution in [1.29, 1.82) is 5.26 Å². The molecule has 0 spiro atoms. The number of aromatic nitrogens is 2. The molecule has 2 aromatic heterocycles. The van der Waals surface area contributed by atoms with Crippen LogP contribution in [0.2, 0.25) is 0 Å². The summed E-state index contributed by atoms with van der Waals surface area (Å²) in [5, 5.41) is 23.5. The Morgan fingerprint density at radius 2 is 1.96 bits per heavy atom. The number of phenols is 1. The zero-order valence-electron chi connectivity index (χ0n) is 13.6. The molecule has 0 atom stereocenters. The molecule has 4 rings (SSSR count). The average molecular weight is 319 g/mol. The predicted octanol–water partition coefficient (Wildman–Crippen LogP) is 3.82. The molecule has 0 saturated heterocycles. The van der Waals surface area contributed by atoms with Crippen LogP contribution in [0, 0.1) is 25.2 Å². The third-order valence-corrected chi connectivity index (χ3v) is 4.71. The smallest absolute Gasteiger partial charge is 0.143 e. The fourth-order valence-electron chi connectivity index (χ4n) is 3.70. The van der Waals surface area contributed by atoms with E-state index in [1.165, 1.54) is 5.69 Å². The normalized spacial score (nSPS) is 13.0. The zero-order chi connectivity index (χ0) is 16.8. The van der Waals surface area contributed by atoms with E-state index in [0.717, 1.165) is 47.5 Å². The highest BCUT2D eigenvalue weighted by Crippen LogP contribution is 2.41. The Labute approximate surface area is 139 Å². The summed E-state index contributed by atoms with van der Waals surface area (Å²) >= 11 is 0. The van der Waals surface area contributed by atoms with Crippen LogP contribution < -0.4 is 0 Å². The predicted molar refractivity (Wildman–Crippen MR) is 89.1 cm³/mol. The van der Waals surface area contributed by atoms with Gasteiger partial charge in [0.1, 0.15) is 17.6 Å². The lowest BCUT2D eigenvalue weighted by molar-refractivity contribution is 0.393. The van der Waals surface area contributed by atoms with Gasteiger partial charge in [0.15, 0.2) is 0 Å². The van der Waals surface area contributed by atoms with Gasteiger partial charge in [-0.15, -0.1) is 0 Å². The number of nitriles is 1. The van der Waals surface area contributed by atoms with Gasteiger partial charge >= 0.3 is 0 Å². The van der Waals surface area contributed by atoms with Gasteiger partial charge in [0, 0.05) is 11.4 Å². The van der Waals surface area contributed by atoms with Crippen molar-refractivity contribution in [3.8, 4) is 28.8 Å². The van der Waals surface area contributed by atoms with Gasteiger partial charge in [0.05, 0.1) is 22.5 Å². The number of benzene rings is 1. The molecular weight excluding hydrogens is 302 g/mol. The van der Waals surface area contributed by atoms with E-state index in [1.54, 1.807) is 12.1 Å². The van der Waals surface area contributed by atoms with Crippen molar-refractivity contribution in [3.05, 3.63) is 52.5 Å². The fraction of sp³-hybridized carbons (Fsp3) is 0.263. The van der Waals surface area contributed by atoms with Gasteiger partial charge in [-0.2, -0.15) is 5.26 Å². The van der Waals surface area contributed by atoms with Crippen molar-refractivity contribution in [1.82, 2.24) is 9.72 Å². The summed E-state index contributed by atoms with van der Waals surface area (Å²) in [4.78, 5) is 0. The van der Waals surface area contributed by atoms with Crippen molar-refractivity contribution >= 4 is 0 Å². The summed E-state index contributed by atoms with van der Waals surface area (Å²) < 4.78 is 7.48. The molecule has 3 aromatic rings. The highest BCUT2D eigenvalue weighted by Gasteiger charge is 2.30. The topological polar surface area (TPSA) is 75.0 Å². The number of hydrogen-bond donors (Lipinski definition) is 1. The lowest BCUT2D eigenvalue weighted by Crippen LogP contribution is -2.02. The summed E-state index contributed by atoms with van der Waals surface area (Å²) in [6.45, 7) is 3.77. The minimum atomic E-state index is 0.224. The molecule has 1 aromatic carbocycles. The molecule has 0 amide bonds. The van der Waals surface area contributed by atoms with Crippen molar-refractivity contribution in [3.63, 3.8) is 0 Å². The summed E-state index contributed by atoms with van der Waals surface area (Å²) in [5.41, 5.74) is 6.46.